The van der Waals surface area contributed by atoms with Gasteiger partial charge in [-0.1, -0.05) is 164 Å². The molecule has 3 heteroatoms. The molecule has 2 aromatic heterocycles. The average Bonchev–Trinajstić information content (AvgIpc) is 3.84. The lowest BCUT2D eigenvalue weighted by Crippen LogP contribution is -2.10. The number of fused-ring (bicyclic) bond motifs is 6. The quantitative estimate of drug-likeness (QED) is 0.158. The smallest absolute Gasteiger partial charge is 0.0562 e. The predicted molar refractivity (Wildman–Crippen MR) is 245 cm³/mol. The van der Waals surface area contributed by atoms with Crippen LogP contribution >= 0.6 is 11.3 Å². The topological polar surface area (TPSA) is 8.17 Å². The lowest BCUT2D eigenvalue weighted by Gasteiger charge is -2.27. The number of thiophene rings is 1. The number of hydrogen-bond donors (Lipinski definition) is 0. The minimum Gasteiger partial charge on any atom is -0.310 e. The van der Waals surface area contributed by atoms with Crippen LogP contribution in [0.25, 0.3) is 81.0 Å². The fraction of sp³-hybridized carbons (Fsp3) is 0. The molecule has 0 unspecified atom stereocenters. The van der Waals surface area contributed by atoms with Crippen LogP contribution in [0.1, 0.15) is 0 Å². The first-order valence-corrected chi connectivity index (χ1v) is 20.3. The maximum Gasteiger partial charge on any atom is 0.0562 e. The van der Waals surface area contributed by atoms with Crippen LogP contribution in [0.4, 0.5) is 17.1 Å². The number of aromatic nitrogens is 1. The van der Waals surface area contributed by atoms with E-state index in [1.807, 2.05) is 11.3 Å². The summed E-state index contributed by atoms with van der Waals surface area (Å²) in [7, 11) is 0. The second-order valence-corrected chi connectivity index (χ2v) is 15.5. The van der Waals surface area contributed by atoms with Crippen molar-refractivity contribution >= 4 is 70.4 Å². The van der Waals surface area contributed by atoms with Gasteiger partial charge in [0, 0.05) is 53.4 Å². The Kier molecular flexibility index (Phi) is 8.04. The van der Waals surface area contributed by atoms with E-state index in [1.54, 1.807) is 0 Å². The molecule has 0 fully saturated rings. The molecule has 0 N–H and O–H groups in total. The van der Waals surface area contributed by atoms with Crippen molar-refractivity contribution in [2.45, 2.75) is 0 Å². The number of benzene rings is 9. The van der Waals surface area contributed by atoms with Crippen LogP contribution in [0.2, 0.25) is 0 Å². The van der Waals surface area contributed by atoms with Crippen LogP contribution in [0.3, 0.4) is 0 Å². The molecule has 0 atom stereocenters. The Bertz CT molecular complexity index is 3220. The average molecular weight is 745 g/mol. The summed E-state index contributed by atoms with van der Waals surface area (Å²) in [6.45, 7) is 0. The fourth-order valence-corrected chi connectivity index (χ4v) is 9.92. The summed E-state index contributed by atoms with van der Waals surface area (Å²) in [5.74, 6) is 0. The van der Waals surface area contributed by atoms with E-state index in [4.69, 9.17) is 0 Å². The molecule has 0 bridgehead atoms. The molecule has 2 heterocycles. The third kappa shape index (κ3) is 5.55. The first-order valence-electron chi connectivity index (χ1n) is 19.4. The zero-order chi connectivity index (χ0) is 37.7. The fourth-order valence-electron chi connectivity index (χ4n) is 8.70. The molecule has 0 amide bonds. The third-order valence-electron chi connectivity index (χ3n) is 11.2. The van der Waals surface area contributed by atoms with Crippen molar-refractivity contribution in [2.75, 3.05) is 4.90 Å². The summed E-state index contributed by atoms with van der Waals surface area (Å²) in [5, 5.41) is 5.02. The highest BCUT2D eigenvalue weighted by Gasteiger charge is 2.24. The summed E-state index contributed by atoms with van der Waals surface area (Å²) < 4.78 is 5.11. The van der Waals surface area contributed by atoms with Gasteiger partial charge in [-0.05, 0) is 76.9 Å². The van der Waals surface area contributed by atoms with Crippen LogP contribution in [-0.4, -0.2) is 4.57 Å². The largest absolute Gasteiger partial charge is 0.310 e. The molecule has 0 aliphatic carbocycles. The van der Waals surface area contributed by atoms with E-state index in [2.05, 4.69) is 228 Å². The van der Waals surface area contributed by atoms with E-state index in [0.29, 0.717) is 0 Å². The van der Waals surface area contributed by atoms with Gasteiger partial charge in [-0.3, -0.25) is 0 Å². The number of hydrogen-bond acceptors (Lipinski definition) is 2. The molecule has 9 aromatic carbocycles. The molecule has 0 aliphatic rings. The SMILES string of the molecule is c1ccc(-c2ccc(N(c3ccccc3)c3cccc4c3c3ccccc3n4-c3cccc(-c4ccccc4)c3-c3cccc4c3sc3ccccc34)cc2)cc1. The van der Waals surface area contributed by atoms with E-state index < -0.39 is 0 Å². The normalized spacial score (nSPS) is 11.5. The Balaban J connectivity index is 1.20. The molecule has 0 saturated carbocycles. The van der Waals surface area contributed by atoms with Crippen molar-refractivity contribution in [1.29, 1.82) is 0 Å². The minimum absolute atomic E-state index is 1.11. The molecule has 0 spiro atoms. The van der Waals surface area contributed by atoms with Gasteiger partial charge in [-0.25, -0.2) is 0 Å². The maximum atomic E-state index is 2.50. The minimum atomic E-state index is 1.11. The van der Waals surface area contributed by atoms with Crippen molar-refractivity contribution in [3.05, 3.63) is 218 Å². The number of rotatable bonds is 7. The molecular formula is C54H36N2S. The van der Waals surface area contributed by atoms with E-state index in [1.165, 1.54) is 69.8 Å². The molecule has 57 heavy (non-hydrogen) atoms. The number of nitrogens with zero attached hydrogens (tertiary/aromatic N) is 2. The van der Waals surface area contributed by atoms with Gasteiger partial charge >= 0.3 is 0 Å². The van der Waals surface area contributed by atoms with Gasteiger partial charge in [0.1, 0.15) is 0 Å². The Hall–Kier alpha value is -7.20. The van der Waals surface area contributed by atoms with Crippen LogP contribution < -0.4 is 4.90 Å². The van der Waals surface area contributed by atoms with Gasteiger partial charge in [0.05, 0.1) is 22.4 Å². The molecule has 0 saturated heterocycles. The predicted octanol–water partition coefficient (Wildman–Crippen LogP) is 15.6. The van der Waals surface area contributed by atoms with Gasteiger partial charge in [0.15, 0.2) is 0 Å². The van der Waals surface area contributed by atoms with Gasteiger partial charge in [0.25, 0.3) is 0 Å². The van der Waals surface area contributed by atoms with Crippen molar-refractivity contribution in [2.24, 2.45) is 0 Å². The molecule has 2 nitrogen and oxygen atoms in total. The Morgan fingerprint density at radius 1 is 0.368 bits per heavy atom. The standard InChI is InChI=1S/C54H36N2S/c1-4-17-37(18-5-1)38-33-35-41(36-34-38)55(40-21-8-3-9-22-40)49-30-16-31-50-53(49)45-24-10-12-28-47(45)56(50)48-29-15-25-42(39-19-6-2-7-20-39)52(48)46-27-14-26-44-43-23-11-13-32-51(43)57-54(44)46/h1-36H. The lowest BCUT2D eigenvalue weighted by molar-refractivity contribution is 1.18. The monoisotopic (exact) mass is 744 g/mol. The zero-order valence-corrected chi connectivity index (χ0v) is 31.9. The van der Waals surface area contributed by atoms with E-state index in [9.17, 15) is 0 Å². The Morgan fingerprint density at radius 2 is 0.930 bits per heavy atom. The maximum absolute atomic E-state index is 2.50. The first kappa shape index (κ1) is 33.2. The summed E-state index contributed by atoms with van der Waals surface area (Å²) in [6, 6.07) is 79.3. The number of para-hydroxylation sites is 2. The van der Waals surface area contributed by atoms with Crippen LogP contribution in [0.5, 0.6) is 0 Å². The third-order valence-corrected chi connectivity index (χ3v) is 12.4. The van der Waals surface area contributed by atoms with E-state index in [-0.39, 0.29) is 0 Å². The van der Waals surface area contributed by atoms with E-state index in [0.717, 1.165) is 28.3 Å². The molecule has 0 radical (unpaired) electrons. The Morgan fingerprint density at radius 3 is 1.72 bits per heavy atom. The summed E-state index contributed by atoms with van der Waals surface area (Å²) in [5.41, 5.74) is 14.1. The van der Waals surface area contributed by atoms with Crippen LogP contribution in [0, 0.1) is 0 Å². The van der Waals surface area contributed by atoms with Gasteiger partial charge in [0.2, 0.25) is 0 Å². The van der Waals surface area contributed by atoms with Gasteiger partial charge < -0.3 is 9.47 Å². The molecule has 268 valence electrons. The molecule has 11 aromatic rings. The molecular weight excluding hydrogens is 709 g/mol. The van der Waals surface area contributed by atoms with Crippen molar-refractivity contribution < 1.29 is 0 Å². The highest BCUT2D eigenvalue weighted by atomic mass is 32.1. The zero-order valence-electron chi connectivity index (χ0n) is 31.1. The highest BCUT2D eigenvalue weighted by molar-refractivity contribution is 7.26. The van der Waals surface area contributed by atoms with Gasteiger partial charge in [-0.15, -0.1) is 11.3 Å². The summed E-state index contributed by atoms with van der Waals surface area (Å²) in [4.78, 5) is 2.41. The first-order chi connectivity index (χ1) is 28.3. The molecule has 0 aliphatic heterocycles. The van der Waals surface area contributed by atoms with Crippen LogP contribution in [0.15, 0.2) is 218 Å². The second-order valence-electron chi connectivity index (χ2n) is 14.5. The summed E-state index contributed by atoms with van der Waals surface area (Å²) in [6.07, 6.45) is 0. The van der Waals surface area contributed by atoms with Crippen molar-refractivity contribution in [3.8, 4) is 39.1 Å². The summed E-state index contributed by atoms with van der Waals surface area (Å²) >= 11 is 1.89. The lowest BCUT2D eigenvalue weighted by atomic mass is 9.92. The second kappa shape index (κ2) is 13.8. The number of anilines is 3. The Labute approximate surface area is 335 Å². The highest BCUT2D eigenvalue weighted by Crippen LogP contribution is 2.48. The van der Waals surface area contributed by atoms with Gasteiger partial charge in [-0.2, -0.15) is 0 Å². The van der Waals surface area contributed by atoms with Crippen molar-refractivity contribution in [1.82, 2.24) is 4.57 Å². The van der Waals surface area contributed by atoms with Crippen molar-refractivity contribution in [3.63, 3.8) is 0 Å². The van der Waals surface area contributed by atoms with E-state index >= 15 is 0 Å². The molecule has 11 rings (SSSR count). The van der Waals surface area contributed by atoms with Crippen LogP contribution in [-0.2, 0) is 0 Å².